The fourth-order valence-electron chi connectivity index (χ4n) is 0.691. The molecule has 0 radical (unpaired) electrons. The molecule has 4 N–H and O–H groups in total. The minimum atomic E-state index is -0.410. The number of pyridine rings is 1. The molecule has 1 aromatic heterocycles. The highest BCUT2D eigenvalue weighted by Gasteiger charge is 1.97. The topological polar surface area (TPSA) is 92.2 Å². The molecule has 12 heavy (non-hydrogen) atoms. The highest BCUT2D eigenvalue weighted by atomic mass is 16.6. The summed E-state index contributed by atoms with van der Waals surface area (Å²) in [6.07, 6.45) is 1.41. The Bertz CT molecular complexity index is 270. The van der Waals surface area contributed by atoms with Gasteiger partial charge >= 0.3 is 0 Å². The van der Waals surface area contributed by atoms with Crippen LogP contribution in [0.25, 0.3) is 0 Å². The number of hydrogen-bond donors (Lipinski definition) is 3. The zero-order valence-corrected chi connectivity index (χ0v) is 6.32. The third kappa shape index (κ3) is 1.93. The number of ether oxygens (including phenoxy) is 1. The zero-order valence-electron chi connectivity index (χ0n) is 6.32. The number of nitrogen functional groups attached to an aromatic ring is 1. The first kappa shape index (κ1) is 8.48. The molecule has 0 saturated heterocycles. The van der Waals surface area contributed by atoms with E-state index in [4.69, 9.17) is 16.2 Å². The van der Waals surface area contributed by atoms with Gasteiger partial charge in [0.15, 0.2) is 6.79 Å². The number of nitrogens with zero attached hydrogens (tertiary/aromatic N) is 1. The molecule has 0 saturated carbocycles. The summed E-state index contributed by atoms with van der Waals surface area (Å²) in [4.78, 5) is 3.79. The maximum Gasteiger partial charge on any atom is 0.215 e. The maximum absolute atomic E-state index is 8.37. The van der Waals surface area contributed by atoms with Crippen molar-refractivity contribution in [1.29, 1.82) is 5.41 Å². The summed E-state index contributed by atoms with van der Waals surface area (Å²) in [6, 6.07) is 3.13. The Morgan fingerprint density at radius 2 is 2.42 bits per heavy atom. The minimum absolute atomic E-state index is 0.0435. The summed E-state index contributed by atoms with van der Waals surface area (Å²) in [6.45, 7) is -0.410. The molecule has 0 aliphatic heterocycles. The van der Waals surface area contributed by atoms with E-state index >= 15 is 0 Å². The van der Waals surface area contributed by atoms with Gasteiger partial charge in [-0.15, -0.1) is 0 Å². The van der Waals surface area contributed by atoms with Crippen LogP contribution in [-0.4, -0.2) is 22.7 Å². The molecule has 0 fully saturated rings. The lowest BCUT2D eigenvalue weighted by molar-refractivity contribution is 0.0941. The van der Waals surface area contributed by atoms with Crippen molar-refractivity contribution in [3.05, 3.63) is 23.9 Å². The monoisotopic (exact) mass is 167 g/mol. The van der Waals surface area contributed by atoms with Crippen LogP contribution in [0.2, 0.25) is 0 Å². The average molecular weight is 167 g/mol. The second-order valence-electron chi connectivity index (χ2n) is 2.07. The van der Waals surface area contributed by atoms with Crippen LogP contribution in [0, 0.1) is 5.41 Å². The average Bonchev–Trinajstić information content (AvgIpc) is 2.06. The van der Waals surface area contributed by atoms with Crippen LogP contribution >= 0.6 is 0 Å². The van der Waals surface area contributed by atoms with E-state index in [9.17, 15) is 0 Å². The largest absolute Gasteiger partial charge is 0.451 e. The van der Waals surface area contributed by atoms with Crippen LogP contribution in [0.4, 0.5) is 0 Å². The second kappa shape index (κ2) is 3.68. The van der Waals surface area contributed by atoms with Crippen molar-refractivity contribution >= 4 is 5.84 Å². The summed E-state index contributed by atoms with van der Waals surface area (Å²) >= 11 is 0. The van der Waals surface area contributed by atoms with E-state index in [1.807, 2.05) is 0 Å². The molecule has 64 valence electrons. The fourth-order valence-corrected chi connectivity index (χ4v) is 0.691. The van der Waals surface area contributed by atoms with Gasteiger partial charge in [-0.25, -0.2) is 4.98 Å². The van der Waals surface area contributed by atoms with Crippen LogP contribution in [0.15, 0.2) is 18.3 Å². The number of aliphatic hydroxyl groups excluding tert-OH is 1. The number of amidine groups is 1. The molecule has 0 bridgehead atoms. The molecular formula is C7H9N3O2. The molecule has 1 heterocycles. The van der Waals surface area contributed by atoms with Gasteiger partial charge in [0.05, 0.1) is 0 Å². The number of aromatic nitrogens is 1. The smallest absolute Gasteiger partial charge is 0.215 e. The van der Waals surface area contributed by atoms with Crippen molar-refractivity contribution in [2.24, 2.45) is 5.73 Å². The zero-order chi connectivity index (χ0) is 8.97. The molecule has 0 spiro atoms. The molecule has 5 nitrogen and oxygen atoms in total. The Labute approximate surface area is 69.3 Å². The summed E-state index contributed by atoms with van der Waals surface area (Å²) in [5.41, 5.74) is 5.72. The van der Waals surface area contributed by atoms with Crippen molar-refractivity contribution in [3.63, 3.8) is 0 Å². The van der Waals surface area contributed by atoms with E-state index < -0.39 is 6.79 Å². The molecule has 0 aromatic carbocycles. The predicted molar refractivity (Wildman–Crippen MR) is 43.0 cm³/mol. The first-order chi connectivity index (χ1) is 5.74. The Morgan fingerprint density at radius 1 is 1.67 bits per heavy atom. The molecule has 0 amide bonds. The third-order valence-electron chi connectivity index (χ3n) is 1.26. The summed E-state index contributed by atoms with van der Waals surface area (Å²) < 4.78 is 4.67. The van der Waals surface area contributed by atoms with Gasteiger partial charge in [0.1, 0.15) is 5.84 Å². The summed E-state index contributed by atoms with van der Waals surface area (Å²) in [5.74, 6) is 0.264. The predicted octanol–water partition coefficient (Wildman–Crippen LogP) is -0.306. The molecule has 0 unspecified atom stereocenters. The Morgan fingerprint density at radius 3 is 2.83 bits per heavy atom. The molecule has 1 rings (SSSR count). The normalized spacial score (nSPS) is 9.42. The first-order valence-electron chi connectivity index (χ1n) is 3.28. The van der Waals surface area contributed by atoms with Crippen LogP contribution in [0.1, 0.15) is 5.56 Å². The van der Waals surface area contributed by atoms with Crippen LogP contribution in [-0.2, 0) is 0 Å². The van der Waals surface area contributed by atoms with Gasteiger partial charge in [0.25, 0.3) is 0 Å². The van der Waals surface area contributed by atoms with Gasteiger partial charge in [0.2, 0.25) is 5.88 Å². The van der Waals surface area contributed by atoms with Gasteiger partial charge in [-0.05, 0) is 6.07 Å². The van der Waals surface area contributed by atoms with E-state index in [0.717, 1.165) is 0 Å². The number of rotatable bonds is 3. The second-order valence-corrected chi connectivity index (χ2v) is 2.07. The van der Waals surface area contributed by atoms with Crippen molar-refractivity contribution < 1.29 is 9.84 Å². The van der Waals surface area contributed by atoms with Gasteiger partial charge in [0, 0.05) is 17.8 Å². The number of aliphatic hydroxyl groups is 1. The lowest BCUT2D eigenvalue weighted by Gasteiger charge is -2.01. The van der Waals surface area contributed by atoms with Crippen LogP contribution < -0.4 is 10.5 Å². The molecule has 5 heteroatoms. The Hall–Kier alpha value is -1.62. The van der Waals surface area contributed by atoms with Gasteiger partial charge in [-0.1, -0.05) is 0 Å². The quantitative estimate of drug-likeness (QED) is 0.327. The van der Waals surface area contributed by atoms with Crippen LogP contribution in [0.3, 0.4) is 0 Å². The third-order valence-corrected chi connectivity index (χ3v) is 1.26. The van der Waals surface area contributed by atoms with E-state index in [0.29, 0.717) is 11.4 Å². The maximum atomic E-state index is 8.37. The van der Waals surface area contributed by atoms with Crippen LogP contribution in [0.5, 0.6) is 5.88 Å². The van der Waals surface area contributed by atoms with Crippen molar-refractivity contribution in [1.82, 2.24) is 4.98 Å². The lowest BCUT2D eigenvalue weighted by Crippen LogP contribution is -2.11. The highest BCUT2D eigenvalue weighted by molar-refractivity contribution is 5.94. The van der Waals surface area contributed by atoms with E-state index in [2.05, 4.69) is 9.72 Å². The Kier molecular flexibility index (Phi) is 2.60. The molecule has 1 aromatic rings. The standard InChI is InChI=1S/C7H9N3O2/c8-7(9)5-1-2-6(10-3-5)12-4-11/h1-3,11H,4H2,(H3,8,9). The van der Waals surface area contributed by atoms with E-state index in [-0.39, 0.29) is 5.84 Å². The lowest BCUT2D eigenvalue weighted by atomic mass is 10.3. The first-order valence-corrected chi connectivity index (χ1v) is 3.28. The van der Waals surface area contributed by atoms with E-state index in [1.54, 1.807) is 6.07 Å². The molecule has 0 aliphatic carbocycles. The molecular weight excluding hydrogens is 158 g/mol. The number of nitrogens with two attached hydrogens (primary N) is 1. The summed E-state index contributed by atoms with van der Waals surface area (Å²) in [5, 5.41) is 15.4. The summed E-state index contributed by atoms with van der Waals surface area (Å²) in [7, 11) is 0. The highest BCUT2D eigenvalue weighted by Crippen LogP contribution is 2.05. The minimum Gasteiger partial charge on any atom is -0.451 e. The van der Waals surface area contributed by atoms with Gasteiger partial charge in [-0.3, -0.25) is 5.41 Å². The number of nitrogens with one attached hydrogen (secondary N) is 1. The Balaban J connectivity index is 2.78. The van der Waals surface area contributed by atoms with Crippen molar-refractivity contribution in [3.8, 4) is 5.88 Å². The van der Waals surface area contributed by atoms with Crippen molar-refractivity contribution in [2.45, 2.75) is 0 Å². The van der Waals surface area contributed by atoms with Gasteiger partial charge in [-0.2, -0.15) is 0 Å². The molecule has 0 aliphatic rings. The SMILES string of the molecule is N=C(N)c1ccc(OCO)nc1. The number of hydrogen-bond acceptors (Lipinski definition) is 4. The van der Waals surface area contributed by atoms with Gasteiger partial charge < -0.3 is 15.6 Å². The fraction of sp³-hybridized carbons (Fsp3) is 0.143. The van der Waals surface area contributed by atoms with Crippen molar-refractivity contribution in [2.75, 3.05) is 6.79 Å². The van der Waals surface area contributed by atoms with E-state index in [1.165, 1.54) is 12.3 Å². The molecule has 0 atom stereocenters.